The zero-order valence-electron chi connectivity index (χ0n) is 18.7. The molecule has 0 unspecified atom stereocenters. The number of pyridine rings is 2. The van der Waals surface area contributed by atoms with Gasteiger partial charge in [0, 0.05) is 30.6 Å². The summed E-state index contributed by atoms with van der Waals surface area (Å²) in [5, 5.41) is 10.2. The molecule has 1 aromatic carbocycles. The average molecular weight is 565 g/mol. The predicted octanol–water partition coefficient (Wildman–Crippen LogP) is 4.44. The van der Waals surface area contributed by atoms with Crippen LogP contribution in [0.5, 0.6) is 0 Å². The second-order valence-corrected chi connectivity index (χ2v) is 8.68. The number of hydrogen-bond acceptors (Lipinski definition) is 5. The largest absolute Gasteiger partial charge is 0.419 e. The van der Waals surface area contributed by atoms with Gasteiger partial charge in [0.2, 0.25) is 0 Å². The van der Waals surface area contributed by atoms with Crippen LogP contribution in [0.3, 0.4) is 0 Å². The number of benzene rings is 1. The van der Waals surface area contributed by atoms with Gasteiger partial charge >= 0.3 is 6.18 Å². The molecular formula is C23H17BrF4N6O2. The van der Waals surface area contributed by atoms with Crippen molar-refractivity contribution in [3.05, 3.63) is 92.5 Å². The Kier molecular flexibility index (Phi) is 6.76. The van der Waals surface area contributed by atoms with Crippen molar-refractivity contribution in [1.82, 2.24) is 29.9 Å². The standard InChI is InChI=1S/C23H17BrF4N6O2/c1-12(16-4-3-5-17(20(16)25)23(26,27)28)31-21(35)14-7-18(24)22(36)34(11-14)15-6-13(8-29-9-15)19-10-30-32-33(19)2/h3-12H,1-2H3,(H,31,35)/t12-/m1/s1. The fraction of sp³-hybridized carbons (Fsp3) is 0.174. The van der Waals surface area contributed by atoms with Gasteiger partial charge in [0.15, 0.2) is 0 Å². The van der Waals surface area contributed by atoms with Crippen LogP contribution in [0.4, 0.5) is 17.6 Å². The van der Waals surface area contributed by atoms with Crippen LogP contribution in [0, 0.1) is 5.82 Å². The van der Waals surface area contributed by atoms with Gasteiger partial charge in [0.05, 0.1) is 45.4 Å². The first kappa shape index (κ1) is 25.2. The van der Waals surface area contributed by atoms with Crippen molar-refractivity contribution >= 4 is 21.8 Å². The van der Waals surface area contributed by atoms with Crippen molar-refractivity contribution in [3.8, 4) is 16.9 Å². The first-order valence-corrected chi connectivity index (χ1v) is 11.2. The molecule has 1 atom stereocenters. The third-order valence-electron chi connectivity index (χ3n) is 5.40. The van der Waals surface area contributed by atoms with E-state index in [2.05, 4.69) is 36.5 Å². The summed E-state index contributed by atoms with van der Waals surface area (Å²) in [7, 11) is 1.69. The van der Waals surface area contributed by atoms with Crippen LogP contribution in [0.2, 0.25) is 0 Å². The van der Waals surface area contributed by atoms with E-state index in [9.17, 15) is 27.2 Å². The maximum absolute atomic E-state index is 14.5. The molecule has 3 heterocycles. The monoisotopic (exact) mass is 564 g/mol. The normalized spacial score (nSPS) is 12.4. The van der Waals surface area contributed by atoms with Crippen molar-refractivity contribution < 1.29 is 22.4 Å². The number of aryl methyl sites for hydroxylation is 1. The van der Waals surface area contributed by atoms with E-state index in [0.717, 1.165) is 12.1 Å². The van der Waals surface area contributed by atoms with E-state index in [1.165, 1.54) is 40.8 Å². The number of carbonyl (C=O) groups excluding carboxylic acids is 1. The van der Waals surface area contributed by atoms with Crippen molar-refractivity contribution in [1.29, 1.82) is 0 Å². The van der Waals surface area contributed by atoms with Gasteiger partial charge in [-0.1, -0.05) is 17.3 Å². The Morgan fingerprint density at radius 1 is 1.17 bits per heavy atom. The Morgan fingerprint density at radius 3 is 2.58 bits per heavy atom. The highest BCUT2D eigenvalue weighted by atomic mass is 79.9. The lowest BCUT2D eigenvalue weighted by Gasteiger charge is -2.18. The van der Waals surface area contributed by atoms with Crippen LogP contribution in [-0.2, 0) is 13.2 Å². The van der Waals surface area contributed by atoms with E-state index in [4.69, 9.17) is 0 Å². The Morgan fingerprint density at radius 2 is 1.92 bits per heavy atom. The van der Waals surface area contributed by atoms with Crippen LogP contribution >= 0.6 is 15.9 Å². The van der Waals surface area contributed by atoms with E-state index in [1.807, 2.05) is 0 Å². The number of halogens is 5. The number of nitrogens with zero attached hydrogens (tertiary/aromatic N) is 5. The summed E-state index contributed by atoms with van der Waals surface area (Å²) in [6.07, 6.45) is 0.892. The summed E-state index contributed by atoms with van der Waals surface area (Å²) in [6.45, 7) is 1.36. The van der Waals surface area contributed by atoms with E-state index in [1.54, 1.807) is 19.3 Å². The molecule has 0 saturated carbocycles. The smallest absolute Gasteiger partial charge is 0.345 e. The lowest BCUT2D eigenvalue weighted by molar-refractivity contribution is -0.140. The SMILES string of the molecule is C[C@@H](NC(=O)c1cc(Br)c(=O)n(-c2cncc(-c3cnnn3C)c2)c1)c1cccc(C(F)(F)F)c1F. The highest BCUT2D eigenvalue weighted by Gasteiger charge is 2.35. The fourth-order valence-electron chi connectivity index (χ4n) is 3.58. The van der Waals surface area contributed by atoms with Gasteiger partial charge < -0.3 is 5.32 Å². The third kappa shape index (κ3) is 4.91. The molecule has 13 heteroatoms. The van der Waals surface area contributed by atoms with Gasteiger partial charge in [-0.2, -0.15) is 13.2 Å². The van der Waals surface area contributed by atoms with Crippen molar-refractivity contribution in [2.24, 2.45) is 7.05 Å². The number of carbonyl (C=O) groups is 1. The Hall–Kier alpha value is -3.87. The van der Waals surface area contributed by atoms with Crippen molar-refractivity contribution in [2.45, 2.75) is 19.1 Å². The maximum Gasteiger partial charge on any atom is 0.419 e. The summed E-state index contributed by atoms with van der Waals surface area (Å²) in [5.74, 6) is -2.19. The van der Waals surface area contributed by atoms with Gasteiger partial charge in [0.1, 0.15) is 5.82 Å². The Balaban J connectivity index is 1.66. The number of nitrogens with one attached hydrogen (secondary N) is 1. The second-order valence-electron chi connectivity index (χ2n) is 7.83. The van der Waals surface area contributed by atoms with Crippen LogP contribution in [0.1, 0.15) is 34.5 Å². The lowest BCUT2D eigenvalue weighted by atomic mass is 10.0. The van der Waals surface area contributed by atoms with Gasteiger partial charge in [-0.05, 0) is 41.1 Å². The molecule has 36 heavy (non-hydrogen) atoms. The Bertz CT molecular complexity index is 1520. The topological polar surface area (TPSA) is 94.7 Å². The van der Waals surface area contributed by atoms with Gasteiger partial charge in [-0.15, -0.1) is 5.10 Å². The molecule has 0 fully saturated rings. The summed E-state index contributed by atoms with van der Waals surface area (Å²) in [6, 6.07) is 4.69. The van der Waals surface area contributed by atoms with Crippen LogP contribution < -0.4 is 10.9 Å². The Labute approximate surface area is 209 Å². The molecule has 8 nitrogen and oxygen atoms in total. The van der Waals surface area contributed by atoms with Crippen molar-refractivity contribution in [3.63, 3.8) is 0 Å². The molecule has 0 bridgehead atoms. The van der Waals surface area contributed by atoms with E-state index in [0.29, 0.717) is 23.0 Å². The molecule has 4 rings (SSSR count). The molecule has 0 spiro atoms. The molecule has 1 N–H and O–H groups in total. The van der Waals surface area contributed by atoms with Crippen LogP contribution in [0.25, 0.3) is 16.9 Å². The lowest BCUT2D eigenvalue weighted by Crippen LogP contribution is -2.30. The van der Waals surface area contributed by atoms with E-state index in [-0.39, 0.29) is 15.6 Å². The first-order chi connectivity index (χ1) is 17.0. The highest BCUT2D eigenvalue weighted by molar-refractivity contribution is 9.10. The molecule has 186 valence electrons. The maximum atomic E-state index is 14.5. The number of alkyl halides is 3. The fourth-order valence-corrected chi connectivity index (χ4v) is 4.01. The minimum Gasteiger partial charge on any atom is -0.345 e. The van der Waals surface area contributed by atoms with Gasteiger partial charge in [-0.25, -0.2) is 9.07 Å². The zero-order valence-corrected chi connectivity index (χ0v) is 20.3. The molecular weight excluding hydrogens is 548 g/mol. The molecule has 1 amide bonds. The van der Waals surface area contributed by atoms with Gasteiger partial charge in [0.25, 0.3) is 11.5 Å². The molecule has 0 radical (unpaired) electrons. The summed E-state index contributed by atoms with van der Waals surface area (Å²) >= 11 is 3.14. The second kappa shape index (κ2) is 9.64. The molecule has 0 aliphatic heterocycles. The number of aromatic nitrogens is 5. The minimum absolute atomic E-state index is 0.00770. The molecule has 0 aliphatic carbocycles. The molecule has 0 aliphatic rings. The summed E-state index contributed by atoms with van der Waals surface area (Å²) < 4.78 is 56.5. The van der Waals surface area contributed by atoms with Crippen LogP contribution in [0.15, 0.2) is 64.4 Å². The van der Waals surface area contributed by atoms with Crippen molar-refractivity contribution in [2.75, 3.05) is 0 Å². The van der Waals surface area contributed by atoms with Crippen LogP contribution in [-0.4, -0.2) is 30.5 Å². The number of hydrogen-bond donors (Lipinski definition) is 1. The highest BCUT2D eigenvalue weighted by Crippen LogP contribution is 2.34. The average Bonchev–Trinajstić information content (AvgIpc) is 3.25. The van der Waals surface area contributed by atoms with Gasteiger partial charge in [-0.3, -0.25) is 19.1 Å². The quantitative estimate of drug-likeness (QED) is 0.362. The van der Waals surface area contributed by atoms with E-state index >= 15 is 0 Å². The number of amides is 1. The third-order valence-corrected chi connectivity index (χ3v) is 5.96. The number of rotatable bonds is 5. The van der Waals surface area contributed by atoms with E-state index < -0.39 is 35.1 Å². The molecule has 3 aromatic heterocycles. The summed E-state index contributed by atoms with van der Waals surface area (Å²) in [4.78, 5) is 29.9. The predicted molar refractivity (Wildman–Crippen MR) is 125 cm³/mol. The first-order valence-electron chi connectivity index (χ1n) is 10.4. The minimum atomic E-state index is -4.88. The zero-order chi connectivity index (χ0) is 26.2. The summed E-state index contributed by atoms with van der Waals surface area (Å²) in [5.41, 5.74) is -0.626. The molecule has 4 aromatic rings. The molecule has 0 saturated heterocycles.